The fourth-order valence-electron chi connectivity index (χ4n) is 3.98. The van der Waals surface area contributed by atoms with Gasteiger partial charge in [-0.1, -0.05) is 42.0 Å². The summed E-state index contributed by atoms with van der Waals surface area (Å²) >= 11 is 0. The second-order valence-corrected chi connectivity index (χ2v) is 7.81. The number of ether oxygens (including phenoxy) is 1. The highest BCUT2D eigenvalue weighted by molar-refractivity contribution is 5.88. The van der Waals surface area contributed by atoms with Crippen molar-refractivity contribution < 1.29 is 13.9 Å². The van der Waals surface area contributed by atoms with Gasteiger partial charge >= 0.3 is 0 Å². The van der Waals surface area contributed by atoms with Gasteiger partial charge in [-0.2, -0.15) is 0 Å². The Kier molecular flexibility index (Phi) is 6.47. The minimum absolute atomic E-state index is 0.0182. The number of carbonyl (C=O) groups excluding carboxylic acids is 1. The molecule has 0 aliphatic carbocycles. The van der Waals surface area contributed by atoms with Gasteiger partial charge in [0.1, 0.15) is 5.82 Å². The van der Waals surface area contributed by atoms with Gasteiger partial charge in [-0.15, -0.1) is 0 Å². The van der Waals surface area contributed by atoms with Crippen molar-refractivity contribution in [1.29, 1.82) is 0 Å². The predicted molar refractivity (Wildman–Crippen MR) is 109 cm³/mol. The first-order valence-electron chi connectivity index (χ1n) is 9.77. The van der Waals surface area contributed by atoms with Gasteiger partial charge in [-0.05, 0) is 57.1 Å². The second kappa shape index (κ2) is 8.84. The third kappa shape index (κ3) is 4.42. The van der Waals surface area contributed by atoms with Crippen molar-refractivity contribution in [2.24, 2.45) is 0 Å². The topological polar surface area (TPSA) is 41.6 Å². The van der Waals surface area contributed by atoms with E-state index in [1.165, 1.54) is 12.1 Å². The van der Waals surface area contributed by atoms with Crippen molar-refractivity contribution in [3.63, 3.8) is 0 Å². The number of halogens is 1. The molecule has 1 amide bonds. The van der Waals surface area contributed by atoms with E-state index in [-0.39, 0.29) is 17.8 Å². The molecule has 0 radical (unpaired) electrons. The molecule has 2 aromatic rings. The highest BCUT2D eigenvalue weighted by atomic mass is 19.1. The van der Waals surface area contributed by atoms with Crippen LogP contribution >= 0.6 is 0 Å². The molecule has 3 rings (SSSR count). The van der Waals surface area contributed by atoms with Crippen LogP contribution in [0.4, 0.5) is 4.39 Å². The van der Waals surface area contributed by atoms with Crippen LogP contribution in [-0.2, 0) is 14.9 Å². The van der Waals surface area contributed by atoms with E-state index in [0.717, 1.165) is 16.7 Å². The van der Waals surface area contributed by atoms with Crippen LogP contribution in [0.15, 0.2) is 48.5 Å². The van der Waals surface area contributed by atoms with Crippen molar-refractivity contribution in [1.82, 2.24) is 10.2 Å². The van der Waals surface area contributed by atoms with Gasteiger partial charge in [-0.3, -0.25) is 4.79 Å². The van der Waals surface area contributed by atoms with Crippen molar-refractivity contribution >= 4 is 5.91 Å². The lowest BCUT2D eigenvalue weighted by atomic mass is 9.73. The van der Waals surface area contributed by atoms with Gasteiger partial charge in [0.05, 0.1) is 11.5 Å². The molecule has 5 heteroatoms. The molecule has 4 nitrogen and oxygen atoms in total. The number of amides is 1. The Morgan fingerprint density at radius 1 is 1.18 bits per heavy atom. The number of rotatable bonds is 6. The molecule has 28 heavy (non-hydrogen) atoms. The number of carbonyl (C=O) groups is 1. The van der Waals surface area contributed by atoms with Gasteiger partial charge in [0.25, 0.3) is 0 Å². The number of nitrogens with zero attached hydrogens (tertiary/aromatic N) is 1. The van der Waals surface area contributed by atoms with Crippen LogP contribution in [0.25, 0.3) is 0 Å². The third-order valence-corrected chi connectivity index (χ3v) is 5.66. The molecule has 0 spiro atoms. The summed E-state index contributed by atoms with van der Waals surface area (Å²) in [4.78, 5) is 15.4. The molecular formula is C23H29FN2O2. The van der Waals surface area contributed by atoms with Gasteiger partial charge in [0.2, 0.25) is 5.91 Å². The molecule has 1 N–H and O–H groups in total. The van der Waals surface area contributed by atoms with Crippen LogP contribution < -0.4 is 5.32 Å². The Hall–Kier alpha value is -2.24. The monoisotopic (exact) mass is 384 g/mol. The average molecular weight is 384 g/mol. The maximum Gasteiger partial charge on any atom is 0.230 e. The Labute approximate surface area is 166 Å². The number of benzene rings is 2. The summed E-state index contributed by atoms with van der Waals surface area (Å²) in [5.41, 5.74) is 2.45. The first-order valence-corrected chi connectivity index (χ1v) is 9.77. The average Bonchev–Trinajstić information content (AvgIpc) is 2.68. The van der Waals surface area contributed by atoms with Crippen molar-refractivity contribution in [2.45, 2.75) is 31.2 Å². The van der Waals surface area contributed by atoms with Gasteiger partial charge in [0, 0.05) is 19.8 Å². The van der Waals surface area contributed by atoms with Crippen molar-refractivity contribution in [3.8, 4) is 0 Å². The van der Waals surface area contributed by atoms with E-state index in [1.54, 1.807) is 6.07 Å². The Morgan fingerprint density at radius 2 is 1.89 bits per heavy atom. The first-order chi connectivity index (χ1) is 13.4. The van der Waals surface area contributed by atoms with E-state index in [9.17, 15) is 9.18 Å². The summed E-state index contributed by atoms with van der Waals surface area (Å²) in [5, 5.41) is 3.15. The first kappa shape index (κ1) is 20.5. The van der Waals surface area contributed by atoms with Gasteiger partial charge in [-0.25, -0.2) is 4.39 Å². The van der Waals surface area contributed by atoms with E-state index in [0.29, 0.717) is 32.6 Å². The lowest BCUT2D eigenvalue weighted by Gasteiger charge is -2.37. The molecular weight excluding hydrogens is 355 g/mol. The largest absolute Gasteiger partial charge is 0.381 e. The van der Waals surface area contributed by atoms with Crippen molar-refractivity contribution in [2.75, 3.05) is 33.9 Å². The zero-order chi connectivity index (χ0) is 20.1. The SMILES string of the molecule is Cc1cccc(C2(C(=O)NCC(c3cccc(F)c3)N(C)C)CCOCC2)c1. The van der Waals surface area contributed by atoms with Crippen LogP contribution in [0.5, 0.6) is 0 Å². The number of nitrogens with one attached hydrogen (secondary N) is 1. The lowest BCUT2D eigenvalue weighted by molar-refractivity contribution is -0.130. The quantitative estimate of drug-likeness (QED) is 0.827. The van der Waals surface area contributed by atoms with Gasteiger partial charge in [0.15, 0.2) is 0 Å². The lowest BCUT2D eigenvalue weighted by Crippen LogP contribution is -2.49. The highest BCUT2D eigenvalue weighted by Gasteiger charge is 2.41. The van der Waals surface area contributed by atoms with E-state index < -0.39 is 5.41 Å². The fraction of sp³-hybridized carbons (Fsp3) is 0.435. The van der Waals surface area contributed by atoms with Crippen LogP contribution in [0.3, 0.4) is 0 Å². The van der Waals surface area contributed by atoms with Crippen LogP contribution in [0.2, 0.25) is 0 Å². The smallest absolute Gasteiger partial charge is 0.230 e. The highest BCUT2D eigenvalue weighted by Crippen LogP contribution is 2.35. The molecule has 1 aliphatic heterocycles. The van der Waals surface area contributed by atoms with Crippen LogP contribution in [0, 0.1) is 12.7 Å². The van der Waals surface area contributed by atoms with Crippen LogP contribution in [0.1, 0.15) is 35.6 Å². The van der Waals surface area contributed by atoms with Crippen molar-refractivity contribution in [3.05, 3.63) is 71.0 Å². The zero-order valence-electron chi connectivity index (χ0n) is 16.9. The molecule has 150 valence electrons. The normalized spacial score (nSPS) is 17.3. The molecule has 2 aromatic carbocycles. The van der Waals surface area contributed by atoms with E-state index in [1.807, 2.05) is 50.2 Å². The van der Waals surface area contributed by atoms with Crippen LogP contribution in [-0.4, -0.2) is 44.7 Å². The Bertz CT molecular complexity index is 816. The minimum atomic E-state index is -0.580. The molecule has 1 fully saturated rings. The molecule has 0 bridgehead atoms. The molecule has 1 aliphatic rings. The summed E-state index contributed by atoms with van der Waals surface area (Å²) in [5.74, 6) is -0.249. The number of hydrogen-bond acceptors (Lipinski definition) is 3. The predicted octanol–water partition coefficient (Wildman–Crippen LogP) is 3.60. The maximum absolute atomic E-state index is 13.7. The third-order valence-electron chi connectivity index (χ3n) is 5.66. The maximum atomic E-state index is 13.7. The number of likely N-dealkylation sites (N-methyl/N-ethyl adjacent to an activating group) is 1. The second-order valence-electron chi connectivity index (χ2n) is 7.81. The van der Waals surface area contributed by atoms with E-state index in [4.69, 9.17) is 4.74 Å². The van der Waals surface area contributed by atoms with Gasteiger partial charge < -0.3 is 15.0 Å². The molecule has 0 aromatic heterocycles. The summed E-state index contributed by atoms with van der Waals surface area (Å²) in [6, 6.07) is 14.6. The molecule has 0 saturated carbocycles. The molecule has 1 heterocycles. The van der Waals surface area contributed by atoms with E-state index >= 15 is 0 Å². The number of hydrogen-bond donors (Lipinski definition) is 1. The molecule has 1 unspecified atom stereocenters. The standard InChI is InChI=1S/C23H29FN2O2/c1-17-6-4-8-19(14-17)23(10-12-28-13-11-23)22(27)25-16-21(26(2)3)18-7-5-9-20(24)15-18/h4-9,14-15,21H,10-13,16H2,1-3H3,(H,25,27). The summed E-state index contributed by atoms with van der Waals surface area (Å²) in [6.07, 6.45) is 1.32. The summed E-state index contributed by atoms with van der Waals surface area (Å²) < 4.78 is 19.2. The Balaban J connectivity index is 1.81. The Morgan fingerprint density at radius 3 is 2.54 bits per heavy atom. The zero-order valence-corrected chi connectivity index (χ0v) is 16.9. The number of aryl methyl sites for hydroxylation is 1. The van der Waals surface area contributed by atoms with E-state index in [2.05, 4.69) is 11.4 Å². The summed E-state index contributed by atoms with van der Waals surface area (Å²) in [6.45, 7) is 3.61. The molecule has 1 atom stereocenters. The summed E-state index contributed by atoms with van der Waals surface area (Å²) in [7, 11) is 3.87. The molecule has 1 saturated heterocycles. The minimum Gasteiger partial charge on any atom is -0.381 e. The fourth-order valence-corrected chi connectivity index (χ4v) is 3.98.